The summed E-state index contributed by atoms with van der Waals surface area (Å²) in [6.07, 6.45) is 0. The summed E-state index contributed by atoms with van der Waals surface area (Å²) in [4.78, 5) is 1.97. The average molecular weight is 282 g/mol. The Balaban J connectivity index is 2.63. The van der Waals surface area contributed by atoms with Gasteiger partial charge in [-0.05, 0) is 23.1 Å². The van der Waals surface area contributed by atoms with Crippen LogP contribution in [0.5, 0.6) is 0 Å². The molecule has 0 unspecified atom stereocenters. The number of methoxy groups -OCH3 is 1. The zero-order chi connectivity index (χ0) is 15.2. The third kappa shape index (κ3) is 5.88. The number of anilines is 1. The molecule has 3 nitrogen and oxygen atoms in total. The topological polar surface area (TPSA) is 24.5 Å². The minimum atomic E-state index is -0.164. The molecule has 0 saturated carbocycles. The quantitative estimate of drug-likeness (QED) is 0.778. The summed E-state index contributed by atoms with van der Waals surface area (Å²) in [5.41, 5.74) is 1.74. The zero-order valence-corrected chi connectivity index (χ0v) is 13.3. The van der Waals surface area contributed by atoms with Crippen molar-refractivity contribution in [1.29, 1.82) is 0 Å². The Labute approximate surface area is 122 Å². The predicted molar refractivity (Wildman–Crippen MR) is 82.7 cm³/mol. The largest absolute Gasteiger partial charge is 0.383 e. The second kappa shape index (κ2) is 7.60. The molecule has 114 valence electrons. The number of ether oxygens (including phenoxy) is 1. The molecule has 0 heterocycles. The number of hydrogen-bond donors (Lipinski definition) is 1. The Morgan fingerprint density at radius 2 is 2.00 bits per heavy atom. The lowest BCUT2D eigenvalue weighted by molar-refractivity contribution is 0.199. The van der Waals surface area contributed by atoms with E-state index in [1.54, 1.807) is 13.2 Å². The summed E-state index contributed by atoms with van der Waals surface area (Å²) in [6, 6.07) is 5.43. The summed E-state index contributed by atoms with van der Waals surface area (Å²) in [5, 5.41) is 3.21. The average Bonchev–Trinajstić information content (AvgIpc) is 2.32. The molecule has 1 aromatic carbocycles. The first kappa shape index (κ1) is 16.9. The fourth-order valence-corrected chi connectivity index (χ4v) is 2.17. The molecule has 1 rings (SSSR count). The monoisotopic (exact) mass is 282 g/mol. The Kier molecular flexibility index (Phi) is 6.43. The molecule has 0 fully saturated rings. The highest BCUT2D eigenvalue weighted by Gasteiger charge is 2.16. The lowest BCUT2D eigenvalue weighted by Crippen LogP contribution is -2.29. The fourth-order valence-electron chi connectivity index (χ4n) is 2.17. The molecule has 0 aliphatic heterocycles. The zero-order valence-electron chi connectivity index (χ0n) is 13.3. The van der Waals surface area contributed by atoms with Crippen LogP contribution in [0.3, 0.4) is 0 Å². The molecule has 4 heteroatoms. The van der Waals surface area contributed by atoms with Gasteiger partial charge in [-0.15, -0.1) is 0 Å². The van der Waals surface area contributed by atoms with Gasteiger partial charge in [0.25, 0.3) is 0 Å². The number of benzene rings is 1. The van der Waals surface area contributed by atoms with Gasteiger partial charge in [-0.2, -0.15) is 0 Å². The van der Waals surface area contributed by atoms with Crippen LogP contribution in [0.4, 0.5) is 10.1 Å². The van der Waals surface area contributed by atoms with Gasteiger partial charge in [-0.25, -0.2) is 4.39 Å². The van der Waals surface area contributed by atoms with Gasteiger partial charge in [0.1, 0.15) is 5.82 Å². The Morgan fingerprint density at radius 3 is 2.55 bits per heavy atom. The summed E-state index contributed by atoms with van der Waals surface area (Å²) < 4.78 is 19.1. The second-order valence-corrected chi connectivity index (χ2v) is 6.37. The standard InChI is InChI=1S/C16H27FN2O/c1-16(2,3)12-19(4)15-7-6-13(10-14(15)17)11-18-8-9-20-5/h6-7,10,18H,8-9,11-12H2,1-5H3. The molecule has 1 N–H and O–H groups in total. The van der Waals surface area contributed by atoms with Crippen molar-refractivity contribution < 1.29 is 9.13 Å². The third-order valence-corrected chi connectivity index (χ3v) is 2.95. The van der Waals surface area contributed by atoms with Crippen molar-refractivity contribution in [2.24, 2.45) is 5.41 Å². The van der Waals surface area contributed by atoms with Gasteiger partial charge >= 0.3 is 0 Å². The number of halogens is 1. The lowest BCUT2D eigenvalue weighted by atomic mass is 9.96. The van der Waals surface area contributed by atoms with Crippen molar-refractivity contribution in [3.63, 3.8) is 0 Å². The maximum absolute atomic E-state index is 14.2. The van der Waals surface area contributed by atoms with Crippen LogP contribution >= 0.6 is 0 Å². The highest BCUT2D eigenvalue weighted by atomic mass is 19.1. The molecule has 20 heavy (non-hydrogen) atoms. The Bertz CT molecular complexity index is 415. The van der Waals surface area contributed by atoms with Crippen LogP contribution in [-0.4, -0.2) is 33.9 Å². The Hall–Kier alpha value is -1.13. The molecule has 0 aromatic heterocycles. The van der Waals surface area contributed by atoms with Gasteiger partial charge < -0.3 is 15.0 Å². The lowest BCUT2D eigenvalue weighted by Gasteiger charge is -2.28. The van der Waals surface area contributed by atoms with Crippen LogP contribution in [0.25, 0.3) is 0 Å². The molecule has 0 bridgehead atoms. The smallest absolute Gasteiger partial charge is 0.146 e. The van der Waals surface area contributed by atoms with Gasteiger partial charge in [0.2, 0.25) is 0 Å². The van der Waals surface area contributed by atoms with Crippen LogP contribution < -0.4 is 10.2 Å². The van der Waals surface area contributed by atoms with E-state index in [4.69, 9.17) is 4.74 Å². The first-order valence-electron chi connectivity index (χ1n) is 7.03. The molecule has 0 spiro atoms. The van der Waals surface area contributed by atoms with Crippen molar-refractivity contribution in [1.82, 2.24) is 5.32 Å². The van der Waals surface area contributed by atoms with Gasteiger partial charge in [-0.3, -0.25) is 0 Å². The van der Waals surface area contributed by atoms with E-state index in [0.29, 0.717) is 18.8 Å². The van der Waals surface area contributed by atoms with E-state index in [0.717, 1.165) is 18.7 Å². The van der Waals surface area contributed by atoms with E-state index in [9.17, 15) is 4.39 Å². The van der Waals surface area contributed by atoms with E-state index in [1.165, 1.54) is 0 Å². The number of rotatable bonds is 7. The minimum Gasteiger partial charge on any atom is -0.383 e. The number of nitrogens with one attached hydrogen (secondary N) is 1. The molecular weight excluding hydrogens is 255 g/mol. The highest BCUT2D eigenvalue weighted by Crippen LogP contribution is 2.23. The van der Waals surface area contributed by atoms with E-state index in [-0.39, 0.29) is 11.2 Å². The first-order valence-corrected chi connectivity index (χ1v) is 7.03. The second-order valence-electron chi connectivity index (χ2n) is 6.37. The molecule has 0 aliphatic rings. The van der Waals surface area contributed by atoms with E-state index in [2.05, 4.69) is 26.1 Å². The van der Waals surface area contributed by atoms with Crippen LogP contribution in [0.2, 0.25) is 0 Å². The van der Waals surface area contributed by atoms with Crippen LogP contribution in [-0.2, 0) is 11.3 Å². The van der Waals surface area contributed by atoms with Crippen LogP contribution in [0.15, 0.2) is 18.2 Å². The fraction of sp³-hybridized carbons (Fsp3) is 0.625. The Morgan fingerprint density at radius 1 is 1.30 bits per heavy atom. The molecular formula is C16H27FN2O. The van der Waals surface area contributed by atoms with E-state index >= 15 is 0 Å². The molecule has 0 radical (unpaired) electrons. The minimum absolute atomic E-state index is 0.140. The van der Waals surface area contributed by atoms with Crippen molar-refractivity contribution in [2.45, 2.75) is 27.3 Å². The SMILES string of the molecule is COCCNCc1ccc(N(C)CC(C)(C)C)c(F)c1. The maximum Gasteiger partial charge on any atom is 0.146 e. The first-order chi connectivity index (χ1) is 9.33. The van der Waals surface area contributed by atoms with Gasteiger partial charge in [0.15, 0.2) is 0 Å². The number of hydrogen-bond acceptors (Lipinski definition) is 3. The summed E-state index contributed by atoms with van der Waals surface area (Å²) >= 11 is 0. The molecule has 1 aromatic rings. The van der Waals surface area contributed by atoms with Crippen molar-refractivity contribution >= 4 is 5.69 Å². The van der Waals surface area contributed by atoms with Crippen LogP contribution in [0.1, 0.15) is 26.3 Å². The van der Waals surface area contributed by atoms with Crippen molar-refractivity contribution in [3.05, 3.63) is 29.6 Å². The van der Waals surface area contributed by atoms with Gasteiger partial charge in [-0.1, -0.05) is 26.8 Å². The van der Waals surface area contributed by atoms with Gasteiger partial charge in [0, 0.05) is 33.8 Å². The van der Waals surface area contributed by atoms with E-state index in [1.807, 2.05) is 24.1 Å². The molecule has 0 atom stereocenters. The highest BCUT2D eigenvalue weighted by molar-refractivity contribution is 5.48. The van der Waals surface area contributed by atoms with Crippen molar-refractivity contribution in [2.75, 3.05) is 38.8 Å². The molecule has 0 aliphatic carbocycles. The van der Waals surface area contributed by atoms with Crippen molar-refractivity contribution in [3.8, 4) is 0 Å². The number of nitrogens with zero attached hydrogens (tertiary/aromatic N) is 1. The normalized spacial score (nSPS) is 11.7. The predicted octanol–water partition coefficient (Wildman–Crippen LogP) is 3.04. The van der Waals surface area contributed by atoms with E-state index < -0.39 is 0 Å². The summed E-state index contributed by atoms with van der Waals surface area (Å²) in [7, 11) is 3.60. The molecule has 0 saturated heterocycles. The third-order valence-electron chi connectivity index (χ3n) is 2.95. The maximum atomic E-state index is 14.2. The van der Waals surface area contributed by atoms with Gasteiger partial charge in [0.05, 0.1) is 12.3 Å². The van der Waals surface area contributed by atoms with Crippen LogP contribution in [0, 0.1) is 11.2 Å². The summed E-state index contributed by atoms with van der Waals surface area (Å²) in [5.74, 6) is -0.164. The molecule has 0 amide bonds. The summed E-state index contributed by atoms with van der Waals surface area (Å²) in [6.45, 7) is 9.35.